The molecule has 1 saturated heterocycles. The van der Waals surface area contributed by atoms with Crippen molar-refractivity contribution in [3.63, 3.8) is 0 Å². The van der Waals surface area contributed by atoms with E-state index < -0.39 is 12.7 Å². The maximum Gasteiger partial charge on any atom is 0.401 e. The zero-order chi connectivity index (χ0) is 17.5. The van der Waals surface area contributed by atoms with Gasteiger partial charge in [0.15, 0.2) is 5.96 Å². The molecule has 0 aliphatic carbocycles. The summed E-state index contributed by atoms with van der Waals surface area (Å²) in [6.45, 7) is 7.57. The number of unbranched alkanes of at least 4 members (excludes halogenated alkanes) is 1. The number of guanidine groups is 1. The van der Waals surface area contributed by atoms with Crippen molar-refractivity contribution in [3.8, 4) is 0 Å². The lowest BCUT2D eigenvalue weighted by Gasteiger charge is -2.20. The number of hydrogen-bond donors (Lipinski definition) is 2. The van der Waals surface area contributed by atoms with Gasteiger partial charge in [-0.25, -0.2) is 0 Å². The maximum atomic E-state index is 12.4. The molecule has 0 bridgehead atoms. The van der Waals surface area contributed by atoms with E-state index in [4.69, 9.17) is 0 Å². The molecule has 0 radical (unpaired) electrons. The predicted octanol–water partition coefficient (Wildman–Crippen LogP) is 3.62. The quantitative estimate of drug-likeness (QED) is 0.273. The molecular weight excluding hydrogens is 432 g/mol. The van der Waals surface area contributed by atoms with Gasteiger partial charge in [-0.3, -0.25) is 9.89 Å². The van der Waals surface area contributed by atoms with Gasteiger partial charge in [0.1, 0.15) is 0 Å². The molecule has 1 atom stereocenters. The van der Waals surface area contributed by atoms with Crippen molar-refractivity contribution in [3.05, 3.63) is 0 Å². The Kier molecular flexibility index (Phi) is 10.6. The third-order valence-corrected chi connectivity index (χ3v) is 3.89. The Hall–Kier alpha value is -0.250. The average molecular weight is 464 g/mol. The van der Waals surface area contributed by atoms with Crippen LogP contribution >= 0.6 is 24.0 Å². The second-order valence-corrected chi connectivity index (χ2v) is 7.50. The summed E-state index contributed by atoms with van der Waals surface area (Å²) >= 11 is 0. The predicted molar refractivity (Wildman–Crippen MR) is 104 cm³/mol. The minimum atomic E-state index is -4.12. The van der Waals surface area contributed by atoms with Crippen molar-refractivity contribution in [2.24, 2.45) is 10.4 Å². The first-order valence-electron chi connectivity index (χ1n) is 8.35. The summed E-state index contributed by atoms with van der Waals surface area (Å²) in [5.41, 5.74) is 0.353. The van der Waals surface area contributed by atoms with Crippen LogP contribution in [0.4, 0.5) is 13.2 Å². The fourth-order valence-corrected chi connectivity index (χ4v) is 2.72. The zero-order valence-electron chi connectivity index (χ0n) is 15.2. The molecule has 4 nitrogen and oxygen atoms in total. The highest BCUT2D eigenvalue weighted by atomic mass is 127. The van der Waals surface area contributed by atoms with Crippen LogP contribution in [0, 0.1) is 5.41 Å². The second kappa shape index (κ2) is 10.7. The van der Waals surface area contributed by atoms with Crippen LogP contribution in [0.1, 0.15) is 46.5 Å². The van der Waals surface area contributed by atoms with Crippen molar-refractivity contribution in [1.82, 2.24) is 15.5 Å². The summed E-state index contributed by atoms with van der Waals surface area (Å²) < 4.78 is 37.2. The van der Waals surface area contributed by atoms with Crippen molar-refractivity contribution in [1.29, 1.82) is 0 Å². The van der Waals surface area contributed by atoms with Crippen molar-refractivity contribution in [2.45, 2.75) is 58.7 Å². The minimum absolute atomic E-state index is 0. The topological polar surface area (TPSA) is 39.7 Å². The Balaban J connectivity index is 0.00000529. The molecule has 0 saturated carbocycles. The minimum Gasteiger partial charge on any atom is -0.356 e. The monoisotopic (exact) mass is 464 g/mol. The smallest absolute Gasteiger partial charge is 0.356 e. The fraction of sp³-hybridized carbons (Fsp3) is 0.938. The van der Waals surface area contributed by atoms with Gasteiger partial charge in [-0.1, -0.05) is 27.2 Å². The molecule has 1 rings (SSSR count). The Bertz CT molecular complexity index is 380. The summed E-state index contributed by atoms with van der Waals surface area (Å²) in [6, 6.07) is 0.0260. The van der Waals surface area contributed by atoms with E-state index in [0.717, 1.165) is 19.4 Å². The Morgan fingerprint density at radius 1 is 1.21 bits per heavy atom. The molecule has 144 valence electrons. The summed E-state index contributed by atoms with van der Waals surface area (Å²) in [5, 5.41) is 6.46. The van der Waals surface area contributed by atoms with Crippen LogP contribution < -0.4 is 10.6 Å². The van der Waals surface area contributed by atoms with Crippen LogP contribution in [-0.4, -0.2) is 56.3 Å². The number of hydrogen-bond acceptors (Lipinski definition) is 2. The Morgan fingerprint density at radius 2 is 1.88 bits per heavy atom. The molecule has 0 aromatic heterocycles. The normalized spacial score (nSPS) is 20.0. The van der Waals surface area contributed by atoms with Crippen LogP contribution in [0.2, 0.25) is 0 Å². The molecular formula is C16H32F3IN4. The maximum absolute atomic E-state index is 12.4. The van der Waals surface area contributed by atoms with E-state index in [1.165, 1.54) is 11.3 Å². The van der Waals surface area contributed by atoms with E-state index in [-0.39, 0.29) is 30.0 Å². The first-order valence-corrected chi connectivity index (χ1v) is 8.35. The number of nitrogens with one attached hydrogen (secondary N) is 2. The summed E-state index contributed by atoms with van der Waals surface area (Å²) in [6.07, 6.45) is -0.0302. The van der Waals surface area contributed by atoms with Gasteiger partial charge in [-0.15, -0.1) is 24.0 Å². The highest BCUT2D eigenvalue weighted by Crippen LogP contribution is 2.21. The van der Waals surface area contributed by atoms with Crippen LogP contribution in [0.15, 0.2) is 4.99 Å². The van der Waals surface area contributed by atoms with Gasteiger partial charge in [0.05, 0.1) is 6.54 Å². The van der Waals surface area contributed by atoms with Gasteiger partial charge < -0.3 is 10.6 Å². The van der Waals surface area contributed by atoms with Gasteiger partial charge >= 0.3 is 6.18 Å². The van der Waals surface area contributed by atoms with Gasteiger partial charge in [-0.2, -0.15) is 13.2 Å². The third-order valence-electron chi connectivity index (χ3n) is 3.89. The highest BCUT2D eigenvalue weighted by molar-refractivity contribution is 14.0. The SMILES string of the molecule is CN=C(NCCCCC(C)(C)C)NC1CCN(CC(F)(F)F)C1.I. The van der Waals surface area contributed by atoms with E-state index in [2.05, 4.69) is 36.4 Å². The van der Waals surface area contributed by atoms with Gasteiger partial charge in [-0.05, 0) is 24.7 Å². The molecule has 0 amide bonds. The van der Waals surface area contributed by atoms with Crippen LogP contribution in [0.25, 0.3) is 0 Å². The Morgan fingerprint density at radius 3 is 2.42 bits per heavy atom. The van der Waals surface area contributed by atoms with Gasteiger partial charge in [0, 0.05) is 32.7 Å². The lowest BCUT2D eigenvalue weighted by molar-refractivity contribution is -0.143. The number of nitrogens with zero attached hydrogens (tertiary/aromatic N) is 2. The van der Waals surface area contributed by atoms with Gasteiger partial charge in [0.25, 0.3) is 0 Å². The first-order chi connectivity index (χ1) is 10.6. The number of aliphatic imine (C=N–C) groups is 1. The molecule has 1 fully saturated rings. The molecule has 24 heavy (non-hydrogen) atoms. The van der Waals surface area contributed by atoms with Crippen LogP contribution in [0.3, 0.4) is 0 Å². The lowest BCUT2D eigenvalue weighted by Crippen LogP contribution is -2.45. The molecule has 1 unspecified atom stereocenters. The standard InChI is InChI=1S/C16H31F3N4.HI/c1-15(2,3)8-5-6-9-21-14(20-4)22-13-7-10-23(11-13)12-16(17,18)19;/h13H,5-12H2,1-4H3,(H2,20,21,22);1H. The van der Waals surface area contributed by atoms with E-state index in [0.29, 0.717) is 30.9 Å². The van der Waals surface area contributed by atoms with Crippen molar-refractivity contribution < 1.29 is 13.2 Å². The molecule has 2 N–H and O–H groups in total. The summed E-state index contributed by atoms with van der Waals surface area (Å²) in [4.78, 5) is 5.59. The van der Waals surface area contributed by atoms with Crippen LogP contribution in [-0.2, 0) is 0 Å². The average Bonchev–Trinajstić information content (AvgIpc) is 2.80. The number of rotatable bonds is 6. The number of alkyl halides is 3. The van der Waals surface area contributed by atoms with Gasteiger partial charge in [0.2, 0.25) is 0 Å². The Labute approximate surface area is 161 Å². The first kappa shape index (κ1) is 23.8. The summed E-state index contributed by atoms with van der Waals surface area (Å²) in [5.74, 6) is 0.680. The molecule has 1 aliphatic heterocycles. The van der Waals surface area contributed by atoms with E-state index in [1.54, 1.807) is 7.05 Å². The largest absolute Gasteiger partial charge is 0.401 e. The molecule has 1 heterocycles. The molecule has 1 aliphatic rings. The van der Waals surface area contributed by atoms with Crippen molar-refractivity contribution >= 4 is 29.9 Å². The number of halogens is 4. The number of likely N-dealkylation sites (tertiary alicyclic amines) is 1. The third kappa shape index (κ3) is 11.3. The zero-order valence-corrected chi connectivity index (χ0v) is 17.5. The molecule has 0 aromatic rings. The van der Waals surface area contributed by atoms with Crippen molar-refractivity contribution in [2.75, 3.05) is 33.2 Å². The molecule has 0 aromatic carbocycles. The molecule has 8 heteroatoms. The lowest BCUT2D eigenvalue weighted by atomic mass is 9.90. The fourth-order valence-electron chi connectivity index (χ4n) is 2.72. The molecule has 0 spiro atoms. The second-order valence-electron chi connectivity index (χ2n) is 7.50. The summed E-state index contributed by atoms with van der Waals surface area (Å²) in [7, 11) is 1.69. The van der Waals surface area contributed by atoms with E-state index in [9.17, 15) is 13.2 Å². The highest BCUT2D eigenvalue weighted by Gasteiger charge is 2.34. The van der Waals surface area contributed by atoms with Crippen LogP contribution in [0.5, 0.6) is 0 Å². The van der Waals surface area contributed by atoms with E-state index >= 15 is 0 Å². The van der Waals surface area contributed by atoms with E-state index in [1.807, 2.05) is 0 Å².